The van der Waals surface area contributed by atoms with Crippen LogP contribution in [0.4, 0.5) is 0 Å². The summed E-state index contributed by atoms with van der Waals surface area (Å²) in [5.74, 6) is 0. The summed E-state index contributed by atoms with van der Waals surface area (Å²) < 4.78 is 0. The van der Waals surface area contributed by atoms with Gasteiger partial charge in [-0.05, 0) is 13.0 Å². The number of rotatable bonds is 0. The molecule has 0 aliphatic carbocycles. The lowest BCUT2D eigenvalue weighted by Gasteiger charge is -1.98. The van der Waals surface area contributed by atoms with Crippen LogP contribution < -0.4 is 0 Å². The summed E-state index contributed by atoms with van der Waals surface area (Å²) >= 11 is 16.9. The second-order valence-electron chi connectivity index (χ2n) is 1.83. The van der Waals surface area contributed by atoms with Gasteiger partial charge in [0.2, 0.25) is 0 Å². The molecule has 54 valence electrons. The van der Waals surface area contributed by atoms with Crippen molar-refractivity contribution in [1.82, 2.24) is 4.98 Å². The second kappa shape index (κ2) is 2.95. The van der Waals surface area contributed by atoms with Gasteiger partial charge in [0.25, 0.3) is 0 Å². The molecule has 1 aromatic heterocycles. The molecule has 0 fully saturated rings. The zero-order valence-corrected chi connectivity index (χ0v) is 7.43. The topological polar surface area (TPSA) is 12.9 Å². The number of halogens is 3. The maximum absolute atomic E-state index is 5.68. The molecule has 1 aromatic rings. The largest absolute Gasteiger partial charge is 0.238 e. The molecule has 0 unspecified atom stereocenters. The third-order valence-corrected chi connectivity index (χ3v) is 2.12. The first-order valence-electron chi connectivity index (χ1n) is 2.59. The normalized spacial score (nSPS) is 10.0. The summed E-state index contributed by atoms with van der Waals surface area (Å²) in [6.07, 6.45) is 0. The van der Waals surface area contributed by atoms with Gasteiger partial charge in [-0.25, -0.2) is 4.98 Å². The van der Waals surface area contributed by atoms with E-state index in [2.05, 4.69) is 4.98 Å². The van der Waals surface area contributed by atoms with Crippen LogP contribution in [0.1, 0.15) is 5.69 Å². The molecule has 0 amide bonds. The van der Waals surface area contributed by atoms with Crippen molar-refractivity contribution in [3.63, 3.8) is 0 Å². The summed E-state index contributed by atoms with van der Waals surface area (Å²) in [5.41, 5.74) is 0.691. The first-order valence-corrected chi connectivity index (χ1v) is 3.73. The van der Waals surface area contributed by atoms with E-state index in [0.29, 0.717) is 20.9 Å². The Balaban J connectivity index is 3.28. The number of hydrogen-bond acceptors (Lipinski definition) is 1. The first kappa shape index (κ1) is 8.12. The maximum Gasteiger partial charge on any atom is 0.148 e. The van der Waals surface area contributed by atoms with Crippen LogP contribution in [0, 0.1) is 6.92 Å². The SMILES string of the molecule is Cc1nc(Cl)c(Cl)cc1Cl. The molecule has 4 heteroatoms. The maximum atomic E-state index is 5.68. The van der Waals surface area contributed by atoms with Gasteiger partial charge in [-0.1, -0.05) is 34.8 Å². The van der Waals surface area contributed by atoms with Gasteiger partial charge in [-0.2, -0.15) is 0 Å². The van der Waals surface area contributed by atoms with Gasteiger partial charge in [-0.15, -0.1) is 0 Å². The van der Waals surface area contributed by atoms with Crippen LogP contribution in [0.15, 0.2) is 6.07 Å². The summed E-state index contributed by atoms with van der Waals surface area (Å²) in [5, 5.41) is 1.22. The van der Waals surface area contributed by atoms with Gasteiger partial charge in [0, 0.05) is 0 Å². The summed E-state index contributed by atoms with van der Waals surface area (Å²) in [7, 11) is 0. The van der Waals surface area contributed by atoms with Gasteiger partial charge in [0.05, 0.1) is 15.7 Å². The average molecular weight is 196 g/mol. The Morgan fingerprint density at radius 2 is 1.80 bits per heavy atom. The van der Waals surface area contributed by atoms with Crippen molar-refractivity contribution in [1.29, 1.82) is 0 Å². The highest BCUT2D eigenvalue weighted by atomic mass is 35.5. The highest BCUT2D eigenvalue weighted by Crippen LogP contribution is 2.24. The van der Waals surface area contributed by atoms with E-state index in [-0.39, 0.29) is 0 Å². The molecule has 0 spiro atoms. The highest BCUT2D eigenvalue weighted by molar-refractivity contribution is 6.42. The van der Waals surface area contributed by atoms with Gasteiger partial charge in [0.1, 0.15) is 5.15 Å². The molecule has 0 atom stereocenters. The average Bonchev–Trinajstić information content (AvgIpc) is 1.84. The molecule has 0 saturated carbocycles. The molecular weight excluding hydrogens is 192 g/mol. The molecule has 0 radical (unpaired) electrons. The van der Waals surface area contributed by atoms with Crippen LogP contribution in [-0.2, 0) is 0 Å². The van der Waals surface area contributed by atoms with Crippen molar-refractivity contribution in [2.45, 2.75) is 6.92 Å². The Morgan fingerprint density at radius 3 is 2.30 bits per heavy atom. The lowest BCUT2D eigenvalue weighted by atomic mass is 10.4. The van der Waals surface area contributed by atoms with E-state index >= 15 is 0 Å². The Bertz CT molecular complexity index is 209. The fraction of sp³-hybridized carbons (Fsp3) is 0.167. The van der Waals surface area contributed by atoms with Gasteiger partial charge < -0.3 is 0 Å². The molecule has 0 aromatic carbocycles. The predicted molar refractivity (Wildman–Crippen MR) is 44.0 cm³/mol. The van der Waals surface area contributed by atoms with E-state index in [1.165, 1.54) is 0 Å². The zero-order chi connectivity index (χ0) is 7.72. The number of nitrogens with zero attached hydrogens (tertiary/aromatic N) is 1. The minimum absolute atomic E-state index is 0.295. The van der Waals surface area contributed by atoms with Crippen LogP contribution in [0.3, 0.4) is 0 Å². The standard InChI is InChI=1S/C6H4Cl3N/c1-3-4(7)2-5(8)6(9)10-3/h2H,1H3. The number of aryl methyl sites for hydroxylation is 1. The minimum atomic E-state index is 0.295. The molecule has 0 aliphatic rings. The number of hydrogen-bond donors (Lipinski definition) is 0. The Morgan fingerprint density at radius 1 is 1.20 bits per heavy atom. The monoisotopic (exact) mass is 195 g/mol. The molecule has 1 rings (SSSR count). The Hall–Kier alpha value is 0.0200. The molecule has 10 heavy (non-hydrogen) atoms. The minimum Gasteiger partial charge on any atom is -0.238 e. The van der Waals surface area contributed by atoms with Crippen LogP contribution >= 0.6 is 34.8 Å². The summed E-state index contributed by atoms with van der Waals surface area (Å²) in [6, 6.07) is 1.58. The van der Waals surface area contributed by atoms with E-state index in [9.17, 15) is 0 Å². The molecule has 0 aliphatic heterocycles. The van der Waals surface area contributed by atoms with E-state index in [4.69, 9.17) is 34.8 Å². The molecule has 1 nitrogen and oxygen atoms in total. The molecular formula is C6H4Cl3N. The van der Waals surface area contributed by atoms with E-state index in [0.717, 1.165) is 0 Å². The van der Waals surface area contributed by atoms with Gasteiger partial charge in [-0.3, -0.25) is 0 Å². The Kier molecular flexibility index (Phi) is 2.40. The molecule has 1 heterocycles. The van der Waals surface area contributed by atoms with Crippen molar-refractivity contribution in [2.75, 3.05) is 0 Å². The highest BCUT2D eigenvalue weighted by Gasteiger charge is 2.02. The van der Waals surface area contributed by atoms with Crippen LogP contribution in [0.25, 0.3) is 0 Å². The predicted octanol–water partition coefficient (Wildman–Crippen LogP) is 3.35. The third-order valence-electron chi connectivity index (χ3n) is 1.06. The quantitative estimate of drug-likeness (QED) is 0.580. The fourth-order valence-corrected chi connectivity index (χ4v) is 1.07. The first-order chi connectivity index (χ1) is 4.61. The van der Waals surface area contributed by atoms with Gasteiger partial charge >= 0.3 is 0 Å². The summed E-state index contributed by atoms with van der Waals surface area (Å²) in [4.78, 5) is 3.87. The molecule has 0 saturated heterocycles. The number of aromatic nitrogens is 1. The van der Waals surface area contributed by atoms with Crippen LogP contribution in [-0.4, -0.2) is 4.98 Å². The van der Waals surface area contributed by atoms with Gasteiger partial charge in [0.15, 0.2) is 0 Å². The fourth-order valence-electron chi connectivity index (χ4n) is 0.529. The molecule has 0 bridgehead atoms. The molecule has 0 N–H and O–H groups in total. The Labute approximate surface area is 73.9 Å². The van der Waals surface area contributed by atoms with Crippen molar-refractivity contribution < 1.29 is 0 Å². The zero-order valence-electron chi connectivity index (χ0n) is 5.16. The summed E-state index contributed by atoms with van der Waals surface area (Å²) in [6.45, 7) is 1.77. The van der Waals surface area contributed by atoms with E-state index in [1.54, 1.807) is 13.0 Å². The lowest BCUT2D eigenvalue weighted by molar-refractivity contribution is 1.20. The number of pyridine rings is 1. The van der Waals surface area contributed by atoms with Crippen molar-refractivity contribution in [3.05, 3.63) is 27.0 Å². The lowest BCUT2D eigenvalue weighted by Crippen LogP contribution is -1.83. The van der Waals surface area contributed by atoms with Crippen molar-refractivity contribution in [3.8, 4) is 0 Å². The van der Waals surface area contributed by atoms with E-state index < -0.39 is 0 Å². The van der Waals surface area contributed by atoms with Crippen molar-refractivity contribution >= 4 is 34.8 Å². The second-order valence-corrected chi connectivity index (χ2v) is 3.00. The third kappa shape index (κ3) is 1.54. The smallest absolute Gasteiger partial charge is 0.148 e. The van der Waals surface area contributed by atoms with Crippen molar-refractivity contribution in [2.24, 2.45) is 0 Å². The van der Waals surface area contributed by atoms with Crippen LogP contribution in [0.2, 0.25) is 15.2 Å². The van der Waals surface area contributed by atoms with Crippen LogP contribution in [0.5, 0.6) is 0 Å². The van der Waals surface area contributed by atoms with E-state index in [1.807, 2.05) is 0 Å².